The molecule has 0 aliphatic rings. The summed E-state index contributed by atoms with van der Waals surface area (Å²) >= 11 is 6.11. The zero-order valence-corrected chi connectivity index (χ0v) is 18.9. The largest absolute Gasteiger partial charge is 0.495 e. The van der Waals surface area contributed by atoms with E-state index in [1.807, 2.05) is 12.1 Å². The quantitative estimate of drug-likeness (QED) is 0.445. The van der Waals surface area contributed by atoms with E-state index in [0.29, 0.717) is 28.6 Å². The number of para-hydroxylation sites is 2. The van der Waals surface area contributed by atoms with E-state index in [1.54, 1.807) is 18.2 Å². The number of benzene rings is 2. The number of pyridine rings is 1. The molecule has 0 saturated heterocycles. The molecule has 3 aromatic rings. The predicted octanol–water partition coefficient (Wildman–Crippen LogP) is 4.30. The Balaban J connectivity index is 1.68. The van der Waals surface area contributed by atoms with Gasteiger partial charge in [0, 0.05) is 12.3 Å². The molecule has 1 heterocycles. The van der Waals surface area contributed by atoms with Gasteiger partial charge < -0.3 is 29.6 Å². The highest BCUT2D eigenvalue weighted by Crippen LogP contribution is 2.36. The molecule has 0 aliphatic heterocycles. The van der Waals surface area contributed by atoms with E-state index in [0.717, 1.165) is 0 Å². The standard InChI is InChI=1S/C23H22ClN3O6/c1-30-18-9-5-4-8-16(18)27-22-14(7-6-10-25-22)23(29)33-13-21(28)26-17-11-15(24)19(31-2)12-20(17)32-3/h4-12H,13H2,1-3H3,(H,25,27)(H,26,28). The minimum atomic E-state index is -0.727. The molecule has 1 aromatic heterocycles. The lowest BCUT2D eigenvalue weighted by Gasteiger charge is -2.14. The van der Waals surface area contributed by atoms with Gasteiger partial charge in [0.25, 0.3) is 5.91 Å². The van der Waals surface area contributed by atoms with Gasteiger partial charge in [-0.1, -0.05) is 23.7 Å². The summed E-state index contributed by atoms with van der Waals surface area (Å²) in [6, 6.07) is 13.3. The van der Waals surface area contributed by atoms with Crippen molar-refractivity contribution in [3.63, 3.8) is 0 Å². The first-order valence-electron chi connectivity index (χ1n) is 9.70. The topological polar surface area (TPSA) is 108 Å². The molecule has 10 heteroatoms. The number of esters is 1. The highest BCUT2D eigenvalue weighted by Gasteiger charge is 2.18. The number of anilines is 3. The fraction of sp³-hybridized carbons (Fsp3) is 0.174. The van der Waals surface area contributed by atoms with E-state index >= 15 is 0 Å². The molecular weight excluding hydrogens is 450 g/mol. The molecule has 2 aromatic carbocycles. The molecule has 2 N–H and O–H groups in total. The third kappa shape index (κ3) is 5.83. The van der Waals surface area contributed by atoms with Crippen LogP contribution in [-0.2, 0) is 9.53 Å². The first-order valence-corrected chi connectivity index (χ1v) is 10.1. The Morgan fingerprint density at radius 2 is 1.64 bits per heavy atom. The lowest BCUT2D eigenvalue weighted by atomic mass is 10.2. The third-order valence-corrected chi connectivity index (χ3v) is 4.77. The minimum Gasteiger partial charge on any atom is -0.495 e. The van der Waals surface area contributed by atoms with Crippen LogP contribution in [-0.4, -0.2) is 44.8 Å². The van der Waals surface area contributed by atoms with Crippen molar-refractivity contribution in [1.82, 2.24) is 4.98 Å². The van der Waals surface area contributed by atoms with Gasteiger partial charge in [-0.15, -0.1) is 0 Å². The zero-order valence-electron chi connectivity index (χ0n) is 18.2. The molecule has 0 spiro atoms. The summed E-state index contributed by atoms with van der Waals surface area (Å²) in [7, 11) is 4.45. The van der Waals surface area contributed by atoms with Crippen LogP contribution in [0.2, 0.25) is 5.02 Å². The SMILES string of the molecule is COc1cc(OC)c(NC(=O)COC(=O)c2cccnc2Nc2ccccc2OC)cc1Cl. The van der Waals surface area contributed by atoms with Crippen molar-refractivity contribution in [2.75, 3.05) is 38.6 Å². The normalized spacial score (nSPS) is 10.2. The van der Waals surface area contributed by atoms with Crippen LogP contribution in [0.4, 0.5) is 17.2 Å². The number of ether oxygens (including phenoxy) is 4. The number of amides is 1. The number of hydrogen-bond donors (Lipinski definition) is 2. The number of halogens is 1. The van der Waals surface area contributed by atoms with E-state index in [9.17, 15) is 9.59 Å². The number of rotatable bonds is 9. The fourth-order valence-electron chi connectivity index (χ4n) is 2.90. The fourth-order valence-corrected chi connectivity index (χ4v) is 3.14. The van der Waals surface area contributed by atoms with Crippen LogP contribution >= 0.6 is 11.6 Å². The summed E-state index contributed by atoms with van der Waals surface area (Å²) in [6.07, 6.45) is 1.53. The van der Waals surface area contributed by atoms with Gasteiger partial charge in [-0.3, -0.25) is 4.79 Å². The Kier molecular flexibility index (Phi) is 7.93. The van der Waals surface area contributed by atoms with E-state index in [4.69, 9.17) is 30.5 Å². The molecule has 33 heavy (non-hydrogen) atoms. The monoisotopic (exact) mass is 471 g/mol. The molecule has 0 atom stereocenters. The predicted molar refractivity (Wildman–Crippen MR) is 124 cm³/mol. The van der Waals surface area contributed by atoms with Crippen molar-refractivity contribution < 1.29 is 28.5 Å². The minimum absolute atomic E-state index is 0.154. The summed E-state index contributed by atoms with van der Waals surface area (Å²) in [5.74, 6) is 0.266. The van der Waals surface area contributed by atoms with Crippen molar-refractivity contribution in [2.24, 2.45) is 0 Å². The molecular formula is C23H22ClN3O6. The number of aromatic nitrogens is 1. The smallest absolute Gasteiger partial charge is 0.342 e. The summed E-state index contributed by atoms with van der Waals surface area (Å²) in [4.78, 5) is 29.2. The van der Waals surface area contributed by atoms with Gasteiger partial charge >= 0.3 is 5.97 Å². The van der Waals surface area contributed by atoms with Crippen LogP contribution in [0.5, 0.6) is 17.2 Å². The van der Waals surface area contributed by atoms with Crippen LogP contribution in [0.25, 0.3) is 0 Å². The molecule has 3 rings (SSSR count). The maximum atomic E-state index is 12.7. The highest BCUT2D eigenvalue weighted by atomic mass is 35.5. The summed E-state index contributed by atoms with van der Waals surface area (Å²) in [5, 5.41) is 5.94. The lowest BCUT2D eigenvalue weighted by molar-refractivity contribution is -0.119. The van der Waals surface area contributed by atoms with Gasteiger partial charge in [0.1, 0.15) is 28.6 Å². The van der Waals surface area contributed by atoms with E-state index in [2.05, 4.69) is 15.6 Å². The highest BCUT2D eigenvalue weighted by molar-refractivity contribution is 6.32. The maximum Gasteiger partial charge on any atom is 0.342 e. The first kappa shape index (κ1) is 23.7. The van der Waals surface area contributed by atoms with Crippen LogP contribution in [0.15, 0.2) is 54.7 Å². The van der Waals surface area contributed by atoms with Crippen molar-refractivity contribution in [3.8, 4) is 17.2 Å². The molecule has 172 valence electrons. The van der Waals surface area contributed by atoms with Gasteiger partial charge in [0.15, 0.2) is 6.61 Å². The Hall–Kier alpha value is -3.98. The molecule has 0 bridgehead atoms. The number of nitrogens with one attached hydrogen (secondary N) is 2. The summed E-state index contributed by atoms with van der Waals surface area (Å²) in [5.41, 5.74) is 1.08. The average Bonchev–Trinajstić information content (AvgIpc) is 2.83. The van der Waals surface area contributed by atoms with Crippen molar-refractivity contribution >= 4 is 40.7 Å². The molecule has 0 saturated carbocycles. The van der Waals surface area contributed by atoms with Gasteiger partial charge in [-0.2, -0.15) is 0 Å². The van der Waals surface area contributed by atoms with Crippen molar-refractivity contribution in [2.45, 2.75) is 0 Å². The molecule has 0 unspecified atom stereocenters. The second-order valence-corrected chi connectivity index (χ2v) is 6.94. The van der Waals surface area contributed by atoms with Gasteiger partial charge in [0.2, 0.25) is 0 Å². The summed E-state index contributed by atoms with van der Waals surface area (Å²) in [6.45, 7) is -0.533. The molecule has 0 aliphatic carbocycles. The van der Waals surface area contributed by atoms with Gasteiger partial charge in [0.05, 0.1) is 37.7 Å². The lowest BCUT2D eigenvalue weighted by Crippen LogP contribution is -2.21. The van der Waals surface area contributed by atoms with Gasteiger partial charge in [-0.25, -0.2) is 9.78 Å². The number of carbonyl (C=O) groups is 2. The average molecular weight is 472 g/mol. The number of hydrogen-bond acceptors (Lipinski definition) is 8. The first-order chi connectivity index (χ1) is 16.0. The second-order valence-electron chi connectivity index (χ2n) is 6.54. The van der Waals surface area contributed by atoms with E-state index in [-0.39, 0.29) is 16.4 Å². The van der Waals surface area contributed by atoms with Crippen LogP contribution in [0, 0.1) is 0 Å². The van der Waals surface area contributed by atoms with E-state index in [1.165, 1.54) is 45.7 Å². The number of nitrogens with zero attached hydrogens (tertiary/aromatic N) is 1. The third-order valence-electron chi connectivity index (χ3n) is 4.47. The molecule has 9 nitrogen and oxygen atoms in total. The van der Waals surface area contributed by atoms with Crippen LogP contribution < -0.4 is 24.8 Å². The van der Waals surface area contributed by atoms with Crippen LogP contribution in [0.3, 0.4) is 0 Å². The molecule has 0 fully saturated rings. The Labute approximate surface area is 195 Å². The van der Waals surface area contributed by atoms with Crippen molar-refractivity contribution in [1.29, 1.82) is 0 Å². The Bertz CT molecular complexity index is 1150. The van der Waals surface area contributed by atoms with Crippen LogP contribution in [0.1, 0.15) is 10.4 Å². The van der Waals surface area contributed by atoms with Gasteiger partial charge in [-0.05, 0) is 30.3 Å². The molecule has 0 radical (unpaired) electrons. The second kappa shape index (κ2) is 11.1. The maximum absolute atomic E-state index is 12.7. The summed E-state index contributed by atoms with van der Waals surface area (Å²) < 4.78 is 20.9. The zero-order chi connectivity index (χ0) is 23.8. The Morgan fingerprint density at radius 3 is 2.36 bits per heavy atom. The van der Waals surface area contributed by atoms with Crippen molar-refractivity contribution in [3.05, 3.63) is 65.3 Å². The van der Waals surface area contributed by atoms with E-state index < -0.39 is 18.5 Å². The Morgan fingerprint density at radius 1 is 0.909 bits per heavy atom. The number of carbonyl (C=O) groups excluding carboxylic acids is 2. The number of methoxy groups -OCH3 is 3. The molecule has 1 amide bonds.